The summed E-state index contributed by atoms with van der Waals surface area (Å²) in [5.41, 5.74) is 1.80. The average molecular weight is 377 g/mol. The first-order valence-corrected chi connectivity index (χ1v) is 8.11. The molecule has 0 amide bonds. The first-order chi connectivity index (χ1) is 11.9. The van der Waals surface area contributed by atoms with Gasteiger partial charge in [-0.15, -0.1) is 0 Å². The van der Waals surface area contributed by atoms with Gasteiger partial charge in [-0.05, 0) is 28.8 Å². The van der Waals surface area contributed by atoms with Crippen LogP contribution in [0, 0.1) is 0 Å². The largest absolute Gasteiger partial charge is 0.504 e. The van der Waals surface area contributed by atoms with E-state index in [1.54, 1.807) is 0 Å². The normalized spacial score (nSPS) is 11.0. The smallest absolute Gasteiger partial charge is 0.158 e. The van der Waals surface area contributed by atoms with Crippen LogP contribution in [0.25, 0.3) is 0 Å². The molecule has 0 aliphatic heterocycles. The molecule has 0 heterocycles. The van der Waals surface area contributed by atoms with Crippen molar-refractivity contribution in [2.24, 2.45) is 0 Å². The first-order valence-electron chi connectivity index (χ1n) is 7.36. The molecule has 0 aromatic heterocycles. The monoisotopic (exact) mass is 376 g/mol. The molecule has 0 saturated heterocycles. The highest BCUT2D eigenvalue weighted by Gasteiger charge is 2.24. The van der Waals surface area contributed by atoms with Gasteiger partial charge in [-0.1, -0.05) is 53.5 Å². The van der Waals surface area contributed by atoms with E-state index in [4.69, 9.17) is 23.2 Å². The maximum Gasteiger partial charge on any atom is 0.158 e. The highest BCUT2D eigenvalue weighted by atomic mass is 35.5. The predicted molar refractivity (Wildman–Crippen MR) is 97.0 cm³/mol. The molecule has 0 aliphatic carbocycles. The van der Waals surface area contributed by atoms with Crippen molar-refractivity contribution in [2.45, 2.75) is 5.92 Å². The summed E-state index contributed by atoms with van der Waals surface area (Å²) in [6.45, 7) is 0. The lowest BCUT2D eigenvalue weighted by Crippen LogP contribution is -2.05. The number of halogens is 2. The summed E-state index contributed by atoms with van der Waals surface area (Å²) in [5, 5.41) is 39.6. The summed E-state index contributed by atoms with van der Waals surface area (Å²) in [4.78, 5) is 0. The fourth-order valence-corrected chi connectivity index (χ4v) is 3.28. The predicted octanol–water partition coefficient (Wildman–Crippen LogP) is 5.00. The fraction of sp³-hybridized carbons (Fsp3) is 0.0526. The highest BCUT2D eigenvalue weighted by Crippen LogP contribution is 2.45. The van der Waals surface area contributed by atoms with Gasteiger partial charge < -0.3 is 20.4 Å². The summed E-state index contributed by atoms with van der Waals surface area (Å²) in [6, 6.07) is 14.4. The van der Waals surface area contributed by atoms with E-state index < -0.39 is 5.92 Å². The maximum atomic E-state index is 9.90. The number of rotatable bonds is 3. The van der Waals surface area contributed by atoms with E-state index in [2.05, 4.69) is 0 Å². The van der Waals surface area contributed by atoms with Crippen LogP contribution in [0.4, 0.5) is 0 Å². The summed E-state index contributed by atoms with van der Waals surface area (Å²) in [5.74, 6) is -1.83. The molecule has 0 aliphatic rings. The third-order valence-electron chi connectivity index (χ3n) is 3.94. The van der Waals surface area contributed by atoms with Gasteiger partial charge >= 0.3 is 0 Å². The van der Waals surface area contributed by atoms with Gasteiger partial charge in [0.2, 0.25) is 0 Å². The third-order valence-corrected chi connectivity index (χ3v) is 4.60. The van der Waals surface area contributed by atoms with E-state index >= 15 is 0 Å². The lowest BCUT2D eigenvalue weighted by molar-refractivity contribution is 0.402. The van der Waals surface area contributed by atoms with Crippen LogP contribution in [-0.4, -0.2) is 20.4 Å². The molecule has 128 valence electrons. The molecule has 0 unspecified atom stereocenters. The molecule has 6 heteroatoms. The number of aromatic hydroxyl groups is 4. The van der Waals surface area contributed by atoms with Crippen molar-refractivity contribution in [3.8, 4) is 23.0 Å². The Morgan fingerprint density at radius 1 is 0.600 bits per heavy atom. The Bertz CT molecular complexity index is 869. The molecule has 3 rings (SSSR count). The van der Waals surface area contributed by atoms with Crippen molar-refractivity contribution in [2.75, 3.05) is 0 Å². The van der Waals surface area contributed by atoms with Gasteiger partial charge in [0.1, 0.15) is 0 Å². The van der Waals surface area contributed by atoms with Gasteiger partial charge in [-0.3, -0.25) is 0 Å². The zero-order valence-electron chi connectivity index (χ0n) is 12.8. The minimum atomic E-state index is -0.529. The minimum absolute atomic E-state index is 0.229. The molecule has 4 nitrogen and oxygen atoms in total. The Hall–Kier alpha value is -2.56. The lowest BCUT2D eigenvalue weighted by Gasteiger charge is -2.22. The molecule has 0 saturated carbocycles. The second kappa shape index (κ2) is 6.75. The van der Waals surface area contributed by atoms with Crippen LogP contribution in [0.5, 0.6) is 23.0 Å². The summed E-state index contributed by atoms with van der Waals surface area (Å²) < 4.78 is 0. The Balaban J connectivity index is 2.29. The van der Waals surface area contributed by atoms with Crippen molar-refractivity contribution < 1.29 is 20.4 Å². The zero-order valence-corrected chi connectivity index (χ0v) is 14.3. The minimum Gasteiger partial charge on any atom is -0.504 e. The van der Waals surface area contributed by atoms with Crippen LogP contribution in [0.1, 0.15) is 22.6 Å². The maximum absolute atomic E-state index is 9.90. The van der Waals surface area contributed by atoms with Gasteiger partial charge in [-0.25, -0.2) is 0 Å². The van der Waals surface area contributed by atoms with Crippen LogP contribution in [0.2, 0.25) is 10.0 Å². The second-order valence-electron chi connectivity index (χ2n) is 5.57. The van der Waals surface area contributed by atoms with Gasteiger partial charge in [0.15, 0.2) is 23.0 Å². The van der Waals surface area contributed by atoms with Crippen LogP contribution >= 0.6 is 23.2 Å². The van der Waals surface area contributed by atoms with Crippen molar-refractivity contribution in [1.29, 1.82) is 0 Å². The Morgan fingerprint density at radius 2 is 1.00 bits per heavy atom. The molecule has 3 aromatic rings. The number of phenolic OH excluding ortho intramolecular Hbond substituents is 4. The summed E-state index contributed by atoms with van der Waals surface area (Å²) >= 11 is 12.6. The lowest BCUT2D eigenvalue weighted by atomic mass is 9.84. The first kappa shape index (κ1) is 17.3. The molecule has 0 bridgehead atoms. The van der Waals surface area contributed by atoms with Crippen molar-refractivity contribution in [3.63, 3.8) is 0 Å². The molecule has 0 radical (unpaired) electrons. The molecule has 3 aromatic carbocycles. The van der Waals surface area contributed by atoms with E-state index in [0.717, 1.165) is 5.56 Å². The quantitative estimate of drug-likeness (QED) is 0.383. The molecular formula is C19H14Cl2O4. The van der Waals surface area contributed by atoms with Gasteiger partial charge in [0, 0.05) is 28.1 Å². The van der Waals surface area contributed by atoms with Crippen LogP contribution in [0.3, 0.4) is 0 Å². The topological polar surface area (TPSA) is 80.9 Å². The van der Waals surface area contributed by atoms with E-state index in [9.17, 15) is 20.4 Å². The molecule has 0 atom stereocenters. The van der Waals surface area contributed by atoms with Crippen LogP contribution in [-0.2, 0) is 0 Å². The highest BCUT2D eigenvalue weighted by molar-refractivity contribution is 6.32. The van der Waals surface area contributed by atoms with E-state index in [1.165, 1.54) is 24.3 Å². The number of benzene rings is 3. The van der Waals surface area contributed by atoms with Crippen LogP contribution in [0.15, 0.2) is 54.6 Å². The zero-order chi connectivity index (χ0) is 18.1. The number of phenols is 4. The van der Waals surface area contributed by atoms with Gasteiger partial charge in [-0.2, -0.15) is 0 Å². The average Bonchev–Trinajstić information content (AvgIpc) is 2.58. The molecule has 25 heavy (non-hydrogen) atoms. The molecule has 0 fully saturated rings. The third kappa shape index (κ3) is 3.31. The van der Waals surface area contributed by atoms with E-state index in [0.29, 0.717) is 11.1 Å². The summed E-state index contributed by atoms with van der Waals surface area (Å²) in [7, 11) is 0. The van der Waals surface area contributed by atoms with Crippen LogP contribution < -0.4 is 0 Å². The Labute approximate surface area is 154 Å². The molecule has 4 N–H and O–H groups in total. The molecular weight excluding hydrogens is 363 g/mol. The fourth-order valence-electron chi connectivity index (χ4n) is 2.75. The Morgan fingerprint density at radius 3 is 1.44 bits per heavy atom. The second-order valence-corrected chi connectivity index (χ2v) is 6.38. The van der Waals surface area contributed by atoms with Crippen molar-refractivity contribution >= 4 is 23.2 Å². The van der Waals surface area contributed by atoms with Crippen molar-refractivity contribution in [1.82, 2.24) is 0 Å². The van der Waals surface area contributed by atoms with Gasteiger partial charge in [0.25, 0.3) is 0 Å². The number of hydrogen-bond donors (Lipinski definition) is 4. The number of hydrogen-bond acceptors (Lipinski definition) is 4. The SMILES string of the molecule is Oc1cc(Cl)c(C(c2ccccc2)c2cc(O)c(O)cc2Cl)cc1O. The molecule has 0 spiro atoms. The van der Waals surface area contributed by atoms with E-state index in [-0.39, 0.29) is 33.0 Å². The van der Waals surface area contributed by atoms with Crippen molar-refractivity contribution in [3.05, 3.63) is 81.3 Å². The van der Waals surface area contributed by atoms with E-state index in [1.807, 2.05) is 30.3 Å². The summed E-state index contributed by atoms with van der Waals surface area (Å²) in [6.07, 6.45) is 0. The standard InChI is InChI=1S/C19H14Cl2O4/c20-13-8-17(24)15(22)6-11(13)19(10-4-2-1-3-5-10)12-7-16(23)18(25)9-14(12)21/h1-9,19,22-25H. The Kier molecular flexibility index (Phi) is 4.66. The van der Waals surface area contributed by atoms with Gasteiger partial charge in [0.05, 0.1) is 0 Å².